The van der Waals surface area contributed by atoms with Gasteiger partial charge in [0.25, 0.3) is 5.69 Å². The first-order chi connectivity index (χ1) is 7.29. The fraction of sp³-hybridized carbons (Fsp3) is 0. The number of nitro groups is 1. The van der Waals surface area contributed by atoms with E-state index >= 15 is 0 Å². The van der Waals surface area contributed by atoms with E-state index in [-0.39, 0.29) is 16.1 Å². The Hall–Kier alpha value is -2.20. The number of rotatable bonds is 2. The first-order valence-corrected chi connectivity index (χ1v) is 4.58. The lowest BCUT2D eigenvalue weighted by Gasteiger charge is -2.01. The standard InChI is InChI=1S/C12H9NO2.H2O/c14-13(15)12-9-5-4-8-11(12)10-6-2-1-3-7-10;/h1-9H;1H2. The second kappa shape index (κ2) is 5.04. The highest BCUT2D eigenvalue weighted by atomic mass is 16.6. The van der Waals surface area contributed by atoms with Crippen LogP contribution in [0.3, 0.4) is 0 Å². The number of nitrogens with zero attached hydrogens (tertiary/aromatic N) is 1. The number of hydrogen-bond donors (Lipinski definition) is 0. The molecule has 82 valence electrons. The molecule has 4 nitrogen and oxygen atoms in total. The monoisotopic (exact) mass is 217 g/mol. The van der Waals surface area contributed by atoms with Crippen LogP contribution in [0.25, 0.3) is 11.1 Å². The second-order valence-electron chi connectivity index (χ2n) is 3.14. The number of para-hydroxylation sites is 1. The third-order valence-corrected chi connectivity index (χ3v) is 2.19. The molecule has 0 fully saturated rings. The largest absolute Gasteiger partial charge is 0.412 e. The summed E-state index contributed by atoms with van der Waals surface area (Å²) in [5.74, 6) is 0. The van der Waals surface area contributed by atoms with Gasteiger partial charge in [0.15, 0.2) is 0 Å². The molecule has 0 bridgehead atoms. The number of nitro benzene ring substituents is 1. The quantitative estimate of drug-likeness (QED) is 0.572. The van der Waals surface area contributed by atoms with Crippen molar-refractivity contribution in [3.63, 3.8) is 0 Å². The lowest BCUT2D eigenvalue weighted by atomic mass is 10.0. The summed E-state index contributed by atoms with van der Waals surface area (Å²) in [6.45, 7) is 0. The minimum absolute atomic E-state index is 0. The van der Waals surface area contributed by atoms with Gasteiger partial charge >= 0.3 is 0 Å². The topological polar surface area (TPSA) is 74.6 Å². The zero-order valence-corrected chi connectivity index (χ0v) is 8.46. The highest BCUT2D eigenvalue weighted by molar-refractivity contribution is 5.73. The molecule has 2 N–H and O–H groups in total. The molecule has 0 radical (unpaired) electrons. The first-order valence-electron chi connectivity index (χ1n) is 4.58. The molecule has 2 rings (SSSR count). The molecule has 0 atom stereocenters. The van der Waals surface area contributed by atoms with Crippen molar-refractivity contribution in [2.75, 3.05) is 0 Å². The van der Waals surface area contributed by atoms with E-state index in [9.17, 15) is 10.1 Å². The minimum atomic E-state index is -0.359. The Morgan fingerprint density at radius 3 is 2.06 bits per heavy atom. The van der Waals surface area contributed by atoms with Crippen molar-refractivity contribution in [2.45, 2.75) is 0 Å². The van der Waals surface area contributed by atoms with Gasteiger partial charge in [0.05, 0.1) is 10.5 Å². The minimum Gasteiger partial charge on any atom is -0.412 e. The van der Waals surface area contributed by atoms with Gasteiger partial charge in [-0.15, -0.1) is 0 Å². The molecule has 0 aliphatic rings. The van der Waals surface area contributed by atoms with Crippen molar-refractivity contribution in [2.24, 2.45) is 0 Å². The van der Waals surface area contributed by atoms with Crippen LogP contribution in [-0.4, -0.2) is 10.4 Å². The fourth-order valence-corrected chi connectivity index (χ4v) is 1.49. The van der Waals surface area contributed by atoms with E-state index in [2.05, 4.69) is 0 Å². The van der Waals surface area contributed by atoms with Crippen molar-refractivity contribution in [1.82, 2.24) is 0 Å². The molecule has 0 heterocycles. The van der Waals surface area contributed by atoms with Crippen LogP contribution >= 0.6 is 0 Å². The van der Waals surface area contributed by atoms with Gasteiger partial charge in [-0.2, -0.15) is 0 Å². The smallest absolute Gasteiger partial charge is 0.277 e. The van der Waals surface area contributed by atoms with Crippen LogP contribution in [0, 0.1) is 10.1 Å². The lowest BCUT2D eigenvalue weighted by Crippen LogP contribution is -1.90. The van der Waals surface area contributed by atoms with Crippen molar-refractivity contribution < 1.29 is 10.4 Å². The Bertz CT molecular complexity index is 483. The van der Waals surface area contributed by atoms with Gasteiger partial charge in [-0.05, 0) is 11.6 Å². The van der Waals surface area contributed by atoms with Gasteiger partial charge in [0, 0.05) is 6.07 Å². The lowest BCUT2D eigenvalue weighted by molar-refractivity contribution is -0.384. The van der Waals surface area contributed by atoms with Crippen molar-refractivity contribution >= 4 is 5.69 Å². The number of benzene rings is 2. The fourth-order valence-electron chi connectivity index (χ4n) is 1.49. The van der Waals surface area contributed by atoms with Crippen LogP contribution in [0.15, 0.2) is 54.6 Å². The molecule has 0 aromatic heterocycles. The van der Waals surface area contributed by atoms with E-state index in [4.69, 9.17) is 0 Å². The van der Waals surface area contributed by atoms with Gasteiger partial charge in [-0.3, -0.25) is 10.1 Å². The summed E-state index contributed by atoms with van der Waals surface area (Å²) in [7, 11) is 0. The summed E-state index contributed by atoms with van der Waals surface area (Å²) in [5.41, 5.74) is 1.66. The van der Waals surface area contributed by atoms with Gasteiger partial charge in [0.1, 0.15) is 0 Å². The van der Waals surface area contributed by atoms with Crippen LogP contribution in [0.5, 0.6) is 0 Å². The van der Waals surface area contributed by atoms with Crippen molar-refractivity contribution in [1.29, 1.82) is 0 Å². The van der Waals surface area contributed by atoms with Crippen LogP contribution in [-0.2, 0) is 0 Å². The normalized spacial score (nSPS) is 9.25. The predicted octanol–water partition coefficient (Wildman–Crippen LogP) is 2.44. The van der Waals surface area contributed by atoms with Crippen LogP contribution in [0.2, 0.25) is 0 Å². The highest BCUT2D eigenvalue weighted by Crippen LogP contribution is 2.28. The summed E-state index contributed by atoms with van der Waals surface area (Å²) in [5, 5.41) is 10.8. The SMILES string of the molecule is O.O=[N+]([O-])c1ccccc1-c1ccccc1. The second-order valence-corrected chi connectivity index (χ2v) is 3.14. The zero-order chi connectivity index (χ0) is 10.7. The van der Waals surface area contributed by atoms with E-state index in [0.717, 1.165) is 5.56 Å². The van der Waals surface area contributed by atoms with Crippen molar-refractivity contribution in [3.05, 3.63) is 64.7 Å². The zero-order valence-electron chi connectivity index (χ0n) is 8.46. The molecule has 2 aromatic rings. The van der Waals surface area contributed by atoms with Gasteiger partial charge in [-0.1, -0.05) is 42.5 Å². The summed E-state index contributed by atoms with van der Waals surface area (Å²) < 4.78 is 0. The molecular weight excluding hydrogens is 206 g/mol. The van der Waals surface area contributed by atoms with Gasteiger partial charge < -0.3 is 5.48 Å². The molecule has 0 saturated carbocycles. The third-order valence-electron chi connectivity index (χ3n) is 2.19. The maximum Gasteiger partial charge on any atom is 0.277 e. The van der Waals surface area contributed by atoms with E-state index in [1.165, 1.54) is 6.07 Å². The Morgan fingerprint density at radius 1 is 0.875 bits per heavy atom. The summed E-state index contributed by atoms with van der Waals surface area (Å²) >= 11 is 0. The molecule has 0 aliphatic heterocycles. The molecule has 0 spiro atoms. The average Bonchev–Trinajstić information content (AvgIpc) is 2.30. The molecule has 0 saturated heterocycles. The highest BCUT2D eigenvalue weighted by Gasteiger charge is 2.12. The Balaban J connectivity index is 0.00000128. The Kier molecular flexibility index (Phi) is 3.74. The number of hydrogen-bond acceptors (Lipinski definition) is 2. The van der Waals surface area contributed by atoms with Gasteiger partial charge in [-0.25, -0.2) is 0 Å². The molecule has 16 heavy (non-hydrogen) atoms. The maximum atomic E-state index is 10.8. The van der Waals surface area contributed by atoms with Crippen LogP contribution < -0.4 is 0 Å². The van der Waals surface area contributed by atoms with E-state index in [1.807, 2.05) is 30.3 Å². The van der Waals surface area contributed by atoms with E-state index in [0.29, 0.717) is 5.56 Å². The summed E-state index contributed by atoms with van der Waals surface area (Å²) in [6.07, 6.45) is 0. The molecule has 0 amide bonds. The average molecular weight is 217 g/mol. The van der Waals surface area contributed by atoms with Crippen LogP contribution in [0.4, 0.5) is 5.69 Å². The molecule has 0 unspecified atom stereocenters. The van der Waals surface area contributed by atoms with E-state index in [1.54, 1.807) is 18.2 Å². The third kappa shape index (κ3) is 2.24. The van der Waals surface area contributed by atoms with Crippen LogP contribution in [0.1, 0.15) is 0 Å². The van der Waals surface area contributed by atoms with Gasteiger partial charge in [0.2, 0.25) is 0 Å². The summed E-state index contributed by atoms with van der Waals surface area (Å²) in [6, 6.07) is 16.1. The van der Waals surface area contributed by atoms with Crippen molar-refractivity contribution in [3.8, 4) is 11.1 Å². The Labute approximate surface area is 92.6 Å². The predicted molar refractivity (Wildman–Crippen MR) is 62.1 cm³/mol. The maximum absolute atomic E-state index is 10.8. The van der Waals surface area contributed by atoms with E-state index < -0.39 is 0 Å². The Morgan fingerprint density at radius 2 is 1.44 bits per heavy atom. The molecule has 0 aliphatic carbocycles. The summed E-state index contributed by atoms with van der Waals surface area (Å²) in [4.78, 5) is 10.4. The molecular formula is C12H11NO3. The molecule has 2 aromatic carbocycles. The molecule has 4 heteroatoms. The first kappa shape index (κ1) is 11.9.